The van der Waals surface area contributed by atoms with Crippen LogP contribution in [0.3, 0.4) is 0 Å². The van der Waals surface area contributed by atoms with Gasteiger partial charge >= 0.3 is 0 Å². The van der Waals surface area contributed by atoms with Crippen molar-refractivity contribution in [3.8, 4) is 5.75 Å². The van der Waals surface area contributed by atoms with E-state index in [0.717, 1.165) is 49.2 Å². The molecule has 1 heterocycles. The Hall–Kier alpha value is -2.36. The van der Waals surface area contributed by atoms with E-state index < -0.39 is 5.67 Å². The SMILES string of the molecule is CC(F)(CCC1(c2cccc(OCc3ccccc3)c2)CCNCC1)c1ccccc1.Cl. The van der Waals surface area contributed by atoms with Crippen molar-refractivity contribution in [3.63, 3.8) is 0 Å². The molecule has 0 aliphatic carbocycles. The van der Waals surface area contributed by atoms with Gasteiger partial charge in [-0.1, -0.05) is 72.8 Å². The lowest BCUT2D eigenvalue weighted by atomic mass is 9.68. The maximum absolute atomic E-state index is 15.6. The Kier molecular flexibility index (Phi) is 8.33. The number of alkyl halides is 1. The molecule has 4 rings (SSSR count). The van der Waals surface area contributed by atoms with Crippen LogP contribution < -0.4 is 10.1 Å². The van der Waals surface area contributed by atoms with Crippen LogP contribution in [0.5, 0.6) is 5.75 Å². The lowest BCUT2D eigenvalue weighted by Gasteiger charge is -2.40. The Bertz CT molecular complexity index is 955. The van der Waals surface area contributed by atoms with Gasteiger partial charge in [0.2, 0.25) is 0 Å². The van der Waals surface area contributed by atoms with Crippen molar-refractivity contribution in [1.82, 2.24) is 5.32 Å². The molecule has 0 saturated carbocycles. The van der Waals surface area contributed by atoms with Crippen LogP contribution in [-0.4, -0.2) is 13.1 Å². The van der Waals surface area contributed by atoms with Gasteiger partial charge in [-0.3, -0.25) is 0 Å². The number of benzene rings is 3. The van der Waals surface area contributed by atoms with Gasteiger partial charge in [-0.05, 0) is 79.9 Å². The third kappa shape index (κ3) is 5.90. The van der Waals surface area contributed by atoms with Crippen LogP contribution in [0, 0.1) is 0 Å². The van der Waals surface area contributed by atoms with Gasteiger partial charge in [0.05, 0.1) is 0 Å². The van der Waals surface area contributed by atoms with Crippen LogP contribution in [0.15, 0.2) is 84.9 Å². The van der Waals surface area contributed by atoms with E-state index in [1.54, 1.807) is 6.92 Å². The van der Waals surface area contributed by atoms with Gasteiger partial charge < -0.3 is 10.1 Å². The Labute approximate surface area is 197 Å². The van der Waals surface area contributed by atoms with Crippen LogP contribution in [0.25, 0.3) is 0 Å². The van der Waals surface area contributed by atoms with Crippen LogP contribution in [0.2, 0.25) is 0 Å². The molecule has 4 heteroatoms. The summed E-state index contributed by atoms with van der Waals surface area (Å²) in [5, 5.41) is 3.47. The van der Waals surface area contributed by atoms with E-state index in [4.69, 9.17) is 4.74 Å². The fourth-order valence-corrected chi connectivity index (χ4v) is 4.65. The van der Waals surface area contributed by atoms with Gasteiger partial charge in [0, 0.05) is 0 Å². The fourth-order valence-electron chi connectivity index (χ4n) is 4.65. The highest BCUT2D eigenvalue weighted by molar-refractivity contribution is 5.85. The van der Waals surface area contributed by atoms with E-state index in [1.807, 2.05) is 54.6 Å². The van der Waals surface area contributed by atoms with Crippen LogP contribution in [0.1, 0.15) is 49.3 Å². The summed E-state index contributed by atoms with van der Waals surface area (Å²) in [4.78, 5) is 0. The Morgan fingerprint density at radius 1 is 0.906 bits per heavy atom. The van der Waals surface area contributed by atoms with E-state index in [9.17, 15) is 0 Å². The summed E-state index contributed by atoms with van der Waals surface area (Å²) < 4.78 is 21.7. The second-order valence-electron chi connectivity index (χ2n) is 8.90. The van der Waals surface area contributed by atoms with E-state index >= 15 is 4.39 Å². The summed E-state index contributed by atoms with van der Waals surface area (Å²) in [6.45, 7) is 4.19. The van der Waals surface area contributed by atoms with Gasteiger partial charge in [0.25, 0.3) is 0 Å². The van der Waals surface area contributed by atoms with Gasteiger partial charge in [0.15, 0.2) is 0 Å². The second-order valence-corrected chi connectivity index (χ2v) is 8.90. The average molecular weight is 454 g/mol. The summed E-state index contributed by atoms with van der Waals surface area (Å²) in [6, 6.07) is 28.2. The Morgan fingerprint density at radius 2 is 1.56 bits per heavy atom. The Balaban J connectivity index is 0.00000289. The number of rotatable bonds is 8. The lowest BCUT2D eigenvalue weighted by Crippen LogP contribution is -2.40. The number of hydrogen-bond donors (Lipinski definition) is 1. The van der Waals surface area contributed by atoms with E-state index in [2.05, 4.69) is 35.6 Å². The summed E-state index contributed by atoms with van der Waals surface area (Å²) in [7, 11) is 0. The van der Waals surface area contributed by atoms with E-state index in [1.165, 1.54) is 5.56 Å². The lowest BCUT2D eigenvalue weighted by molar-refractivity contribution is 0.145. The zero-order valence-electron chi connectivity index (χ0n) is 18.7. The van der Waals surface area contributed by atoms with Gasteiger partial charge in [-0.2, -0.15) is 0 Å². The molecule has 170 valence electrons. The molecule has 0 aromatic heterocycles. The highest BCUT2D eigenvalue weighted by Crippen LogP contribution is 2.43. The molecule has 0 spiro atoms. The second kappa shape index (κ2) is 11.0. The van der Waals surface area contributed by atoms with Crippen LogP contribution >= 0.6 is 12.4 Å². The molecule has 1 atom stereocenters. The zero-order chi connectivity index (χ0) is 21.6. The molecule has 3 aromatic rings. The molecule has 1 fully saturated rings. The minimum absolute atomic E-state index is 0. The molecule has 1 saturated heterocycles. The standard InChI is InChI=1S/C28H32FNO.ClH/c1-27(29,24-11-6-3-7-12-24)15-16-28(17-19-30-20-18-28)25-13-8-14-26(21-25)31-22-23-9-4-2-5-10-23;/h2-14,21,30H,15-20,22H2,1H3;1H. The third-order valence-electron chi connectivity index (χ3n) is 6.70. The average Bonchev–Trinajstić information content (AvgIpc) is 2.84. The monoisotopic (exact) mass is 453 g/mol. The quantitative estimate of drug-likeness (QED) is 0.397. The topological polar surface area (TPSA) is 21.3 Å². The van der Waals surface area contributed by atoms with Crippen molar-refractivity contribution in [2.24, 2.45) is 0 Å². The van der Waals surface area contributed by atoms with Crippen molar-refractivity contribution in [1.29, 1.82) is 0 Å². The molecule has 3 aromatic carbocycles. The van der Waals surface area contributed by atoms with E-state index in [-0.39, 0.29) is 17.8 Å². The molecule has 32 heavy (non-hydrogen) atoms. The number of piperidine rings is 1. The first-order chi connectivity index (χ1) is 15.1. The molecule has 1 aliphatic heterocycles. The highest BCUT2D eigenvalue weighted by Gasteiger charge is 2.37. The summed E-state index contributed by atoms with van der Waals surface area (Å²) in [6.07, 6.45) is 3.35. The molecule has 0 bridgehead atoms. The first kappa shape index (κ1) is 24.3. The largest absolute Gasteiger partial charge is 0.489 e. The maximum Gasteiger partial charge on any atom is 0.133 e. The normalized spacial score (nSPS) is 17.1. The number of nitrogens with one attached hydrogen (secondary N) is 1. The maximum atomic E-state index is 15.6. The highest BCUT2D eigenvalue weighted by atomic mass is 35.5. The zero-order valence-corrected chi connectivity index (χ0v) is 19.5. The molecule has 1 N–H and O–H groups in total. The van der Waals surface area contributed by atoms with Gasteiger partial charge in [0.1, 0.15) is 18.0 Å². The first-order valence-electron chi connectivity index (χ1n) is 11.3. The summed E-state index contributed by atoms with van der Waals surface area (Å²) >= 11 is 0. The molecule has 1 aliphatic rings. The molecule has 0 amide bonds. The Morgan fingerprint density at radius 3 is 2.25 bits per heavy atom. The minimum atomic E-state index is -1.33. The molecule has 2 nitrogen and oxygen atoms in total. The van der Waals surface area contributed by atoms with Crippen molar-refractivity contribution in [2.75, 3.05) is 13.1 Å². The summed E-state index contributed by atoms with van der Waals surface area (Å²) in [5.41, 5.74) is 1.82. The number of hydrogen-bond acceptors (Lipinski definition) is 2. The predicted octanol–water partition coefficient (Wildman–Crippen LogP) is 6.97. The molecular weight excluding hydrogens is 421 g/mol. The van der Waals surface area contributed by atoms with E-state index in [0.29, 0.717) is 13.0 Å². The third-order valence-corrected chi connectivity index (χ3v) is 6.70. The van der Waals surface area contributed by atoms with Crippen molar-refractivity contribution >= 4 is 12.4 Å². The predicted molar refractivity (Wildman–Crippen MR) is 132 cm³/mol. The first-order valence-corrected chi connectivity index (χ1v) is 11.3. The van der Waals surface area contributed by atoms with Crippen LogP contribution in [-0.2, 0) is 17.7 Å². The summed E-state index contributed by atoms with van der Waals surface area (Å²) in [5.74, 6) is 0.880. The molecular formula is C28H33ClFNO. The van der Waals surface area contributed by atoms with Crippen LogP contribution in [0.4, 0.5) is 4.39 Å². The van der Waals surface area contributed by atoms with Crippen molar-refractivity contribution in [2.45, 2.75) is 50.3 Å². The smallest absolute Gasteiger partial charge is 0.133 e. The minimum Gasteiger partial charge on any atom is -0.489 e. The van der Waals surface area contributed by atoms with Gasteiger partial charge in [-0.15, -0.1) is 12.4 Å². The molecule has 0 radical (unpaired) electrons. The van der Waals surface area contributed by atoms with Crippen molar-refractivity contribution in [3.05, 3.63) is 102 Å². The number of ether oxygens (including phenoxy) is 1. The van der Waals surface area contributed by atoms with Crippen molar-refractivity contribution < 1.29 is 9.13 Å². The fraction of sp³-hybridized carbons (Fsp3) is 0.357. The number of halogens is 2. The van der Waals surface area contributed by atoms with Gasteiger partial charge in [-0.25, -0.2) is 4.39 Å². The molecule has 1 unspecified atom stereocenters.